The van der Waals surface area contributed by atoms with E-state index < -0.39 is 150 Å². The van der Waals surface area contributed by atoms with Crippen LogP contribution in [-0.2, 0) is 5.41 Å². The maximum atomic E-state index is 10.0. The highest BCUT2D eigenvalue weighted by Gasteiger charge is 2.43. The SMILES string of the molecule is [2H]c1c([2H])c([2H])c(-c2cc([Si](c3c([2H])c([2H])c([2H])c([2H])c3[2H])(c3c([2H])c([2H])c([2H])c([2H])c3[2H])c3c([2H])c([2H])c([2H])c([2H])c3[2H])cc3c2-[n+]2[c-]n(-c4cccc(Oc5ccc6c7ccccc7n(-c7cc(C(C)(C)C)ccn7)c6c5)c4)c4cccc(c42)-c2ccccc2-c2ccccc2-3)c([2H])c1[2H]. The van der Waals surface area contributed by atoms with Gasteiger partial charge in [0.2, 0.25) is 0 Å². The zero-order valence-corrected chi connectivity index (χ0v) is 45.3. The number of para-hydroxylation sites is 2. The zero-order chi connectivity index (χ0) is 72.3. The molecule has 0 saturated carbocycles. The lowest BCUT2D eigenvalue weighted by Gasteiger charge is -2.36. The number of ether oxygens (including phenoxy) is 1. The Balaban J connectivity index is 1.09. The summed E-state index contributed by atoms with van der Waals surface area (Å²) in [4.78, 5) is 4.87. The highest BCUT2D eigenvalue weighted by Crippen LogP contribution is 2.45. The van der Waals surface area contributed by atoms with E-state index in [0.717, 1.165) is 33.2 Å². The fourth-order valence-electron chi connectivity index (χ4n) is 11.7. The van der Waals surface area contributed by atoms with Crippen LogP contribution in [-0.4, -0.2) is 22.2 Å². The Bertz CT molecular complexity index is 5740. The van der Waals surface area contributed by atoms with Crippen molar-refractivity contribution >= 4 is 61.7 Å². The van der Waals surface area contributed by atoms with Crippen LogP contribution >= 0.6 is 0 Å². The molecule has 1 aliphatic rings. The number of hydrogen-bond donors (Lipinski definition) is 0. The first-order valence-corrected chi connectivity index (χ1v) is 28.5. The maximum Gasteiger partial charge on any atom is 0.269 e. The van der Waals surface area contributed by atoms with Crippen molar-refractivity contribution in [3.8, 4) is 73.2 Å². The van der Waals surface area contributed by atoms with E-state index in [2.05, 4.69) is 49.9 Å². The van der Waals surface area contributed by atoms with Gasteiger partial charge in [0.05, 0.1) is 60.9 Å². The monoisotopic (exact) mass is 1090 g/mol. The second kappa shape index (κ2) is 19.6. The number of aromatic nitrogens is 4. The molecule has 15 rings (SSSR count). The van der Waals surface area contributed by atoms with Crippen LogP contribution in [0.3, 0.4) is 0 Å². The minimum absolute atomic E-state index is 0.0402. The smallest absolute Gasteiger partial charge is 0.269 e. The fourth-order valence-corrected chi connectivity index (χ4v) is 15.6. The summed E-state index contributed by atoms with van der Waals surface area (Å²) in [5.74, 6) is 1.63. The first kappa shape index (κ1) is 32.2. The van der Waals surface area contributed by atoms with Crippen molar-refractivity contribution in [1.82, 2.24) is 14.1 Å². The summed E-state index contributed by atoms with van der Waals surface area (Å²) in [6.45, 7) is 6.45. The minimum atomic E-state index is -6.02. The van der Waals surface area contributed by atoms with Crippen LogP contribution in [0.15, 0.2) is 285 Å². The summed E-state index contributed by atoms with van der Waals surface area (Å²) < 4.78 is 203. The summed E-state index contributed by atoms with van der Waals surface area (Å²) >= 11 is 0. The van der Waals surface area contributed by atoms with Gasteiger partial charge in [0, 0.05) is 23.0 Å². The molecular weight excluding hydrogens is 1010 g/mol. The van der Waals surface area contributed by atoms with Gasteiger partial charge in [0.25, 0.3) is 6.33 Å². The number of fused-ring (bicyclic) bond motifs is 10. The lowest BCUT2D eigenvalue weighted by atomic mass is 9.88. The van der Waals surface area contributed by atoms with E-state index >= 15 is 0 Å². The summed E-state index contributed by atoms with van der Waals surface area (Å²) in [7, 11) is -6.02. The van der Waals surface area contributed by atoms with Crippen molar-refractivity contribution in [2.24, 2.45) is 0 Å². The van der Waals surface area contributed by atoms with Gasteiger partial charge < -0.3 is 4.74 Å². The summed E-state index contributed by atoms with van der Waals surface area (Å²) in [5, 5.41) is -0.729. The average molecular weight is 1090 g/mol. The molecule has 14 aromatic rings. The number of pyridine rings is 1. The molecular formula is C76H56N4OSi. The van der Waals surface area contributed by atoms with Crippen molar-refractivity contribution < 1.29 is 36.7 Å². The van der Waals surface area contributed by atoms with Crippen LogP contribution in [0.4, 0.5) is 0 Å². The van der Waals surface area contributed by atoms with E-state index in [1.165, 1.54) is 12.1 Å². The summed E-state index contributed by atoms with van der Waals surface area (Å²) in [5.41, 5.74) is 6.31. The Labute approximate surface area is 507 Å². The topological polar surface area (TPSA) is 35.9 Å². The highest BCUT2D eigenvalue weighted by atomic mass is 28.3. The third-order valence-electron chi connectivity index (χ3n) is 15.4. The molecule has 0 atom stereocenters. The molecule has 390 valence electrons. The standard InChI is InChI=1S/C76H56N4OSi/c1-76(2,3)53-44-45-77-73(46-53)80-70-40-21-20-38-65(70)66-43-42-56(48-72(66)80)81-55-27-22-26-54(47-55)78-51-79-74-68(52-24-8-4-9-25-52)49-60(82(57-28-10-5-11-29-57,58-30-12-6-13-31-58)59-32-14-7-15-33-59)50-69(74)64-37-19-17-35-62(64)61-34-16-18-36-63(61)67-39-23-41-71(78)75(67)79/h4-50H,1-3H3/i4D,5D,6D,7D,8D,9D,10D,11D,12D,13D,14D,15D,24D,25D,28D,29D,30D,31D,32D,33D. The van der Waals surface area contributed by atoms with Gasteiger partial charge in [-0.2, -0.15) is 0 Å². The molecule has 0 amide bonds. The molecule has 4 heterocycles. The first-order valence-electron chi connectivity index (χ1n) is 36.5. The molecule has 0 saturated heterocycles. The van der Waals surface area contributed by atoms with Gasteiger partial charge in [-0.15, -0.1) is 0 Å². The highest BCUT2D eigenvalue weighted by molar-refractivity contribution is 7.20. The van der Waals surface area contributed by atoms with E-state index in [0.29, 0.717) is 56.0 Å². The second-order valence-electron chi connectivity index (χ2n) is 21.0. The molecule has 0 bridgehead atoms. The van der Waals surface area contributed by atoms with Crippen molar-refractivity contribution in [3.05, 3.63) is 297 Å². The van der Waals surface area contributed by atoms with Crippen molar-refractivity contribution in [2.75, 3.05) is 0 Å². The van der Waals surface area contributed by atoms with E-state index in [9.17, 15) is 21.9 Å². The van der Waals surface area contributed by atoms with Gasteiger partial charge >= 0.3 is 0 Å². The van der Waals surface area contributed by atoms with Crippen molar-refractivity contribution in [1.29, 1.82) is 0 Å². The lowest BCUT2D eigenvalue weighted by Crippen LogP contribution is -2.74. The van der Waals surface area contributed by atoms with Gasteiger partial charge in [-0.3, -0.25) is 13.7 Å². The normalized spacial score (nSPS) is 15.5. The minimum Gasteiger partial charge on any atom is -0.458 e. The third kappa shape index (κ3) is 7.97. The van der Waals surface area contributed by atoms with Gasteiger partial charge in [-0.1, -0.05) is 245 Å². The van der Waals surface area contributed by atoms with Crippen LogP contribution in [0, 0.1) is 6.33 Å². The molecule has 82 heavy (non-hydrogen) atoms. The molecule has 6 heteroatoms. The van der Waals surface area contributed by atoms with Gasteiger partial charge in [0.1, 0.15) is 17.3 Å². The number of hydrogen-bond acceptors (Lipinski definition) is 2. The van der Waals surface area contributed by atoms with Crippen LogP contribution in [0.5, 0.6) is 11.5 Å². The third-order valence-corrected chi connectivity index (χ3v) is 19.5. The number of imidazole rings is 1. The number of benzene rings is 11. The summed E-state index contributed by atoms with van der Waals surface area (Å²) in [6.07, 6.45) is 5.44. The maximum absolute atomic E-state index is 10.0. The van der Waals surface area contributed by atoms with Crippen LogP contribution in [0.2, 0.25) is 0 Å². The number of nitrogens with zero attached hydrogens (tertiary/aromatic N) is 4. The van der Waals surface area contributed by atoms with Gasteiger partial charge in [-0.05, 0) is 125 Å². The Hall–Kier alpha value is -10.1. The van der Waals surface area contributed by atoms with E-state index in [4.69, 9.17) is 15.2 Å². The summed E-state index contributed by atoms with van der Waals surface area (Å²) in [6, 6.07) is 29.7. The predicted molar refractivity (Wildman–Crippen MR) is 340 cm³/mol. The van der Waals surface area contributed by atoms with Crippen LogP contribution in [0.25, 0.3) is 94.5 Å². The largest absolute Gasteiger partial charge is 0.458 e. The quantitative estimate of drug-likeness (QED) is 0.0625. The Kier molecular flexibility index (Phi) is 7.69. The molecule has 11 aromatic carbocycles. The second-order valence-corrected chi connectivity index (χ2v) is 24.6. The Morgan fingerprint density at radius 2 is 1.00 bits per heavy atom. The predicted octanol–water partition coefficient (Wildman–Crippen LogP) is 15.6. The molecule has 0 N–H and O–H groups in total. The molecule has 3 aromatic heterocycles. The lowest BCUT2D eigenvalue weighted by molar-refractivity contribution is -0.570. The molecule has 0 aliphatic carbocycles. The molecule has 0 fully saturated rings. The molecule has 0 radical (unpaired) electrons. The molecule has 1 aliphatic heterocycles. The van der Waals surface area contributed by atoms with Gasteiger partial charge in [0.15, 0.2) is 8.07 Å². The zero-order valence-electron chi connectivity index (χ0n) is 64.3. The van der Waals surface area contributed by atoms with Crippen LogP contribution < -0.4 is 30.1 Å². The van der Waals surface area contributed by atoms with Crippen molar-refractivity contribution in [3.63, 3.8) is 0 Å². The Morgan fingerprint density at radius 3 is 1.66 bits per heavy atom. The molecule has 0 spiro atoms. The van der Waals surface area contributed by atoms with Crippen LogP contribution in [0.1, 0.15) is 53.7 Å². The Morgan fingerprint density at radius 1 is 0.463 bits per heavy atom. The molecule has 5 nitrogen and oxygen atoms in total. The van der Waals surface area contributed by atoms with E-state index in [1.54, 1.807) is 33.4 Å². The first-order chi connectivity index (χ1) is 48.6. The van der Waals surface area contributed by atoms with Gasteiger partial charge in [-0.25, -0.2) is 4.98 Å². The number of rotatable bonds is 9. The van der Waals surface area contributed by atoms with E-state index in [-0.39, 0.29) is 27.4 Å². The van der Waals surface area contributed by atoms with Crippen molar-refractivity contribution in [2.45, 2.75) is 26.2 Å². The molecule has 0 unspecified atom stereocenters. The average Bonchev–Trinajstić information content (AvgIpc) is 1.29. The van der Waals surface area contributed by atoms with E-state index in [1.807, 2.05) is 109 Å². The fraction of sp³-hybridized carbons (Fsp3) is 0.0526.